The molecule has 0 aliphatic heterocycles. The summed E-state index contributed by atoms with van der Waals surface area (Å²) in [6.45, 7) is 10.4. The first-order chi connectivity index (χ1) is 8.92. The molecule has 0 atom stereocenters. The van der Waals surface area contributed by atoms with Gasteiger partial charge >= 0.3 is 0 Å². The summed E-state index contributed by atoms with van der Waals surface area (Å²) in [7, 11) is 2.31. The molecule has 2 saturated carbocycles. The average Bonchev–Trinajstić information content (AvgIpc) is 2.33. The first kappa shape index (κ1) is 15.3. The van der Waals surface area contributed by atoms with Crippen molar-refractivity contribution < 1.29 is 0 Å². The van der Waals surface area contributed by atoms with E-state index in [2.05, 4.69) is 45.0 Å². The van der Waals surface area contributed by atoms with Crippen molar-refractivity contribution >= 4 is 0 Å². The van der Waals surface area contributed by atoms with Crippen molar-refractivity contribution in [1.29, 1.82) is 0 Å². The zero-order valence-electron chi connectivity index (χ0n) is 13.7. The molecule has 0 aromatic heterocycles. The molecule has 2 heteroatoms. The molecular formula is C17H34N2. The Labute approximate surface area is 120 Å². The summed E-state index contributed by atoms with van der Waals surface area (Å²) >= 11 is 0. The third-order valence-electron chi connectivity index (χ3n) is 5.66. The Morgan fingerprint density at radius 2 is 1.68 bits per heavy atom. The minimum atomic E-state index is 0.645. The zero-order chi connectivity index (χ0) is 14.0. The van der Waals surface area contributed by atoms with Crippen LogP contribution in [0.4, 0.5) is 0 Å². The van der Waals surface area contributed by atoms with Gasteiger partial charge in [0.2, 0.25) is 0 Å². The van der Waals surface area contributed by atoms with E-state index in [4.69, 9.17) is 0 Å². The van der Waals surface area contributed by atoms with Crippen LogP contribution in [-0.4, -0.2) is 36.6 Å². The molecule has 0 bridgehead atoms. The van der Waals surface area contributed by atoms with Gasteiger partial charge in [-0.1, -0.05) is 13.8 Å². The quantitative estimate of drug-likeness (QED) is 0.817. The van der Waals surface area contributed by atoms with Crippen LogP contribution in [0.5, 0.6) is 0 Å². The lowest BCUT2D eigenvalue weighted by Crippen LogP contribution is -2.48. The molecule has 1 spiro atoms. The third-order valence-corrected chi connectivity index (χ3v) is 5.66. The monoisotopic (exact) mass is 266 g/mol. The topological polar surface area (TPSA) is 15.3 Å². The second-order valence-electron chi connectivity index (χ2n) is 7.83. The fourth-order valence-corrected chi connectivity index (χ4v) is 4.16. The zero-order valence-corrected chi connectivity index (χ0v) is 13.7. The molecule has 1 N–H and O–H groups in total. The Kier molecular flexibility index (Phi) is 4.94. The molecular weight excluding hydrogens is 232 g/mol. The Morgan fingerprint density at radius 1 is 1.11 bits per heavy atom. The van der Waals surface area contributed by atoms with Gasteiger partial charge < -0.3 is 10.2 Å². The molecule has 2 nitrogen and oxygen atoms in total. The van der Waals surface area contributed by atoms with E-state index in [1.807, 2.05) is 0 Å². The Bertz CT molecular complexity index is 269. The molecule has 0 unspecified atom stereocenters. The molecule has 2 rings (SSSR count). The summed E-state index contributed by atoms with van der Waals surface area (Å²) in [5, 5.41) is 3.60. The molecule has 112 valence electrons. The van der Waals surface area contributed by atoms with Gasteiger partial charge in [0.05, 0.1) is 0 Å². The number of nitrogens with zero attached hydrogens (tertiary/aromatic N) is 1. The predicted octanol–water partition coefficient (Wildman–Crippen LogP) is 3.66. The van der Waals surface area contributed by atoms with Crippen LogP contribution in [0.3, 0.4) is 0 Å². The van der Waals surface area contributed by atoms with Crippen molar-refractivity contribution in [3.05, 3.63) is 0 Å². The second-order valence-corrected chi connectivity index (χ2v) is 7.83. The molecule has 0 aromatic rings. The minimum absolute atomic E-state index is 0.645. The van der Waals surface area contributed by atoms with Crippen LogP contribution in [-0.2, 0) is 0 Å². The molecule has 0 radical (unpaired) electrons. The van der Waals surface area contributed by atoms with Gasteiger partial charge in [-0.3, -0.25) is 0 Å². The van der Waals surface area contributed by atoms with Crippen molar-refractivity contribution in [3.63, 3.8) is 0 Å². The van der Waals surface area contributed by atoms with E-state index in [0.29, 0.717) is 12.1 Å². The highest BCUT2D eigenvalue weighted by Crippen LogP contribution is 2.55. The lowest BCUT2D eigenvalue weighted by Gasteiger charge is -2.53. The molecule has 19 heavy (non-hydrogen) atoms. The van der Waals surface area contributed by atoms with E-state index < -0.39 is 0 Å². The highest BCUT2D eigenvalue weighted by atomic mass is 15.1. The molecule has 2 fully saturated rings. The van der Waals surface area contributed by atoms with Gasteiger partial charge in [-0.25, -0.2) is 0 Å². The fraction of sp³-hybridized carbons (Fsp3) is 1.00. The maximum Gasteiger partial charge on any atom is 0.00953 e. The van der Waals surface area contributed by atoms with Crippen molar-refractivity contribution in [1.82, 2.24) is 10.2 Å². The van der Waals surface area contributed by atoms with Gasteiger partial charge in [-0.2, -0.15) is 0 Å². The molecule has 2 aliphatic carbocycles. The van der Waals surface area contributed by atoms with Crippen LogP contribution in [0, 0.1) is 11.3 Å². The summed E-state index contributed by atoms with van der Waals surface area (Å²) < 4.78 is 0. The van der Waals surface area contributed by atoms with Gasteiger partial charge in [0.15, 0.2) is 0 Å². The van der Waals surface area contributed by atoms with E-state index in [9.17, 15) is 0 Å². The maximum atomic E-state index is 3.60. The van der Waals surface area contributed by atoms with Crippen LogP contribution in [0.25, 0.3) is 0 Å². The predicted molar refractivity (Wildman–Crippen MR) is 83.5 cm³/mol. The maximum absolute atomic E-state index is 3.60. The van der Waals surface area contributed by atoms with E-state index >= 15 is 0 Å². The van der Waals surface area contributed by atoms with Crippen molar-refractivity contribution in [2.75, 3.05) is 13.6 Å². The highest BCUT2D eigenvalue weighted by Gasteiger charge is 2.46. The average molecular weight is 266 g/mol. The smallest absolute Gasteiger partial charge is 0.00953 e. The van der Waals surface area contributed by atoms with Crippen LogP contribution in [0.1, 0.15) is 66.2 Å². The molecule has 0 aromatic carbocycles. The number of hydrogen-bond donors (Lipinski definition) is 1. The van der Waals surface area contributed by atoms with E-state index in [1.165, 1.54) is 45.1 Å². The largest absolute Gasteiger partial charge is 0.314 e. The van der Waals surface area contributed by atoms with Gasteiger partial charge in [-0.15, -0.1) is 0 Å². The SMILES string of the molecule is CC(C)NCC1CC2(CCC(N(C)C(C)C)CC2)C1. The summed E-state index contributed by atoms with van der Waals surface area (Å²) in [6, 6.07) is 2.19. The normalized spacial score (nSPS) is 35.4. The van der Waals surface area contributed by atoms with Crippen molar-refractivity contribution in [3.8, 4) is 0 Å². The first-order valence-corrected chi connectivity index (χ1v) is 8.37. The summed E-state index contributed by atoms with van der Waals surface area (Å²) in [4.78, 5) is 2.59. The van der Waals surface area contributed by atoms with Gasteiger partial charge in [0.1, 0.15) is 0 Å². The molecule has 0 heterocycles. The van der Waals surface area contributed by atoms with Crippen LogP contribution >= 0.6 is 0 Å². The molecule has 2 aliphatic rings. The fourth-order valence-electron chi connectivity index (χ4n) is 4.16. The lowest BCUT2D eigenvalue weighted by atomic mass is 9.55. The summed E-state index contributed by atoms with van der Waals surface area (Å²) in [5.41, 5.74) is 0.748. The van der Waals surface area contributed by atoms with E-state index in [-0.39, 0.29) is 0 Å². The molecule has 0 amide bonds. The van der Waals surface area contributed by atoms with Gasteiger partial charge in [0.25, 0.3) is 0 Å². The first-order valence-electron chi connectivity index (χ1n) is 8.37. The Morgan fingerprint density at radius 3 is 2.16 bits per heavy atom. The summed E-state index contributed by atoms with van der Waals surface area (Å²) in [6.07, 6.45) is 8.80. The van der Waals surface area contributed by atoms with Crippen LogP contribution in [0.2, 0.25) is 0 Å². The molecule has 0 saturated heterocycles. The van der Waals surface area contributed by atoms with Crippen LogP contribution < -0.4 is 5.32 Å². The summed E-state index contributed by atoms with van der Waals surface area (Å²) in [5.74, 6) is 0.960. The lowest BCUT2D eigenvalue weighted by molar-refractivity contribution is -0.0128. The third kappa shape index (κ3) is 3.72. The number of nitrogens with one attached hydrogen (secondary N) is 1. The highest BCUT2D eigenvalue weighted by molar-refractivity contribution is 4.98. The van der Waals surface area contributed by atoms with Crippen molar-refractivity contribution in [2.45, 2.75) is 84.3 Å². The number of hydrogen-bond acceptors (Lipinski definition) is 2. The standard InChI is InChI=1S/C17H34N2/c1-13(2)18-12-15-10-17(11-15)8-6-16(7-9-17)19(5)14(3)4/h13-16,18H,6-12H2,1-5H3. The van der Waals surface area contributed by atoms with Gasteiger partial charge in [-0.05, 0) is 77.3 Å². The Balaban J connectivity index is 1.70. The van der Waals surface area contributed by atoms with Crippen LogP contribution in [0.15, 0.2) is 0 Å². The van der Waals surface area contributed by atoms with Gasteiger partial charge in [0, 0.05) is 18.1 Å². The van der Waals surface area contributed by atoms with E-state index in [1.54, 1.807) is 0 Å². The second kappa shape index (κ2) is 6.13. The Hall–Kier alpha value is -0.0800. The van der Waals surface area contributed by atoms with Crippen molar-refractivity contribution in [2.24, 2.45) is 11.3 Å². The van der Waals surface area contributed by atoms with E-state index in [0.717, 1.165) is 17.4 Å². The minimum Gasteiger partial charge on any atom is -0.314 e. The number of rotatable bonds is 5.